The van der Waals surface area contributed by atoms with E-state index in [0.717, 1.165) is 5.56 Å². The lowest BCUT2D eigenvalue weighted by atomic mass is 10.0. The summed E-state index contributed by atoms with van der Waals surface area (Å²) in [5.41, 5.74) is 1.51. The molecule has 0 unspecified atom stereocenters. The van der Waals surface area contributed by atoms with Crippen molar-refractivity contribution in [3.63, 3.8) is 0 Å². The minimum absolute atomic E-state index is 0.0582. The highest BCUT2D eigenvalue weighted by Gasteiger charge is 2.15. The Balaban J connectivity index is 1.95. The molecule has 0 amide bonds. The maximum atomic E-state index is 12.1. The second-order valence-electron chi connectivity index (χ2n) is 5.34. The van der Waals surface area contributed by atoms with E-state index in [1.165, 1.54) is 24.3 Å². The van der Waals surface area contributed by atoms with Crippen LogP contribution in [-0.4, -0.2) is 19.9 Å². The average molecular weight is 334 g/mol. The Morgan fingerprint density at radius 3 is 2.26 bits per heavy atom. The Morgan fingerprint density at radius 1 is 1.09 bits per heavy atom. The van der Waals surface area contributed by atoms with Gasteiger partial charge in [0.05, 0.1) is 10.7 Å². The number of hydrogen-bond acceptors (Lipinski definition) is 4. The van der Waals surface area contributed by atoms with Crippen molar-refractivity contribution < 1.29 is 13.3 Å². The molecule has 0 aliphatic rings. The molecule has 0 heterocycles. The summed E-state index contributed by atoms with van der Waals surface area (Å²) in [6, 6.07) is 15.2. The molecule has 1 N–H and O–H groups in total. The summed E-state index contributed by atoms with van der Waals surface area (Å²) in [7, 11) is -3.49. The number of nitro groups is 1. The van der Waals surface area contributed by atoms with Gasteiger partial charge in [0.15, 0.2) is 0 Å². The first-order valence-corrected chi connectivity index (χ1v) is 8.78. The monoisotopic (exact) mass is 334 g/mol. The largest absolute Gasteiger partial charge is 0.269 e. The molecule has 0 radical (unpaired) electrons. The van der Waals surface area contributed by atoms with E-state index in [2.05, 4.69) is 4.72 Å². The van der Waals surface area contributed by atoms with Crippen LogP contribution in [0.15, 0.2) is 54.6 Å². The molecular weight excluding hydrogens is 316 g/mol. The van der Waals surface area contributed by atoms with Crippen molar-refractivity contribution in [3.05, 3.63) is 75.8 Å². The fraction of sp³-hybridized carbons (Fsp3) is 0.250. The molecule has 6 nitrogen and oxygen atoms in total. The highest BCUT2D eigenvalue weighted by atomic mass is 32.2. The zero-order chi connectivity index (χ0) is 16.9. The number of rotatable bonds is 7. The molecule has 0 saturated heterocycles. The van der Waals surface area contributed by atoms with Gasteiger partial charge in [-0.3, -0.25) is 10.1 Å². The molecule has 0 aliphatic carbocycles. The maximum absolute atomic E-state index is 12.1. The topological polar surface area (TPSA) is 89.3 Å². The first-order chi connectivity index (χ1) is 10.9. The van der Waals surface area contributed by atoms with E-state index in [0.29, 0.717) is 12.1 Å². The van der Waals surface area contributed by atoms with Crippen LogP contribution in [0, 0.1) is 10.1 Å². The Labute approximate surface area is 135 Å². The van der Waals surface area contributed by atoms with Gasteiger partial charge >= 0.3 is 0 Å². The molecule has 2 aromatic carbocycles. The quantitative estimate of drug-likeness (QED) is 0.623. The first kappa shape index (κ1) is 17.1. The van der Waals surface area contributed by atoms with Gasteiger partial charge in [0.1, 0.15) is 0 Å². The van der Waals surface area contributed by atoms with E-state index in [4.69, 9.17) is 0 Å². The normalized spacial score (nSPS) is 12.7. The third-order valence-electron chi connectivity index (χ3n) is 3.48. The average Bonchev–Trinajstić information content (AvgIpc) is 2.53. The zero-order valence-electron chi connectivity index (χ0n) is 12.7. The number of benzene rings is 2. The molecule has 0 aliphatic heterocycles. The molecular formula is C16H18N2O4S. The predicted octanol–water partition coefficient (Wildman–Crippen LogP) is 2.82. The van der Waals surface area contributed by atoms with Crippen molar-refractivity contribution in [2.75, 3.05) is 6.54 Å². The summed E-state index contributed by atoms with van der Waals surface area (Å²) >= 11 is 0. The highest BCUT2D eigenvalue weighted by molar-refractivity contribution is 7.88. The fourth-order valence-corrected chi connectivity index (χ4v) is 3.37. The van der Waals surface area contributed by atoms with Gasteiger partial charge in [0, 0.05) is 18.7 Å². The summed E-state index contributed by atoms with van der Waals surface area (Å²) in [4.78, 5) is 10.1. The summed E-state index contributed by atoms with van der Waals surface area (Å²) in [5, 5.41) is 10.6. The lowest BCUT2D eigenvalue weighted by Crippen LogP contribution is -2.28. The summed E-state index contributed by atoms with van der Waals surface area (Å²) in [5.74, 6) is -0.144. The van der Waals surface area contributed by atoms with E-state index >= 15 is 0 Å². The Kier molecular flexibility index (Phi) is 5.46. The van der Waals surface area contributed by atoms with Crippen LogP contribution in [0.3, 0.4) is 0 Å². The lowest BCUT2D eigenvalue weighted by Gasteiger charge is -2.13. The second-order valence-corrected chi connectivity index (χ2v) is 7.15. The van der Waals surface area contributed by atoms with Crippen LogP contribution in [0.2, 0.25) is 0 Å². The van der Waals surface area contributed by atoms with Gasteiger partial charge in [-0.15, -0.1) is 0 Å². The van der Waals surface area contributed by atoms with Crippen molar-refractivity contribution in [2.24, 2.45) is 0 Å². The standard InChI is InChI=1S/C16H18N2O4S/c1-13(15-5-3-2-4-6-15)11-17-23(21,22)12-14-7-9-16(10-8-14)18(19)20/h2-10,13,17H,11-12H2,1H3/t13-/m1/s1. The Morgan fingerprint density at radius 2 is 1.70 bits per heavy atom. The Hall–Kier alpha value is -2.25. The van der Waals surface area contributed by atoms with E-state index in [1.54, 1.807) is 0 Å². The maximum Gasteiger partial charge on any atom is 0.269 e. The van der Waals surface area contributed by atoms with Gasteiger partial charge in [0.25, 0.3) is 5.69 Å². The number of nitrogens with zero attached hydrogens (tertiary/aromatic N) is 1. The van der Waals surface area contributed by atoms with Gasteiger partial charge in [-0.05, 0) is 17.0 Å². The molecule has 0 fully saturated rings. The van der Waals surface area contributed by atoms with Crippen LogP contribution in [0.1, 0.15) is 24.0 Å². The number of nitro benzene ring substituents is 1. The van der Waals surface area contributed by atoms with Crippen LogP contribution in [0.5, 0.6) is 0 Å². The molecule has 0 saturated carbocycles. The zero-order valence-corrected chi connectivity index (χ0v) is 13.5. The summed E-state index contributed by atoms with van der Waals surface area (Å²) < 4.78 is 26.8. The summed E-state index contributed by atoms with van der Waals surface area (Å²) in [6.07, 6.45) is 0. The molecule has 2 aromatic rings. The van der Waals surface area contributed by atoms with E-state index < -0.39 is 14.9 Å². The van der Waals surface area contributed by atoms with Gasteiger partial charge in [0.2, 0.25) is 10.0 Å². The molecule has 122 valence electrons. The Bertz CT molecular complexity index is 758. The second kappa shape index (κ2) is 7.34. The number of sulfonamides is 1. The van der Waals surface area contributed by atoms with Crippen LogP contribution < -0.4 is 4.72 Å². The summed E-state index contributed by atoms with van der Waals surface area (Å²) in [6.45, 7) is 2.25. The van der Waals surface area contributed by atoms with Crippen LogP contribution >= 0.6 is 0 Å². The van der Waals surface area contributed by atoms with E-state index in [-0.39, 0.29) is 17.4 Å². The number of non-ortho nitro benzene ring substituents is 1. The van der Waals surface area contributed by atoms with Crippen LogP contribution in [-0.2, 0) is 15.8 Å². The molecule has 7 heteroatoms. The minimum atomic E-state index is -3.49. The lowest BCUT2D eigenvalue weighted by molar-refractivity contribution is -0.384. The van der Waals surface area contributed by atoms with Gasteiger partial charge in [-0.25, -0.2) is 13.1 Å². The van der Waals surface area contributed by atoms with Crippen molar-refractivity contribution in [3.8, 4) is 0 Å². The molecule has 0 aromatic heterocycles. The van der Waals surface area contributed by atoms with Gasteiger partial charge < -0.3 is 0 Å². The predicted molar refractivity (Wildman–Crippen MR) is 88.6 cm³/mol. The van der Waals surface area contributed by atoms with Crippen molar-refractivity contribution in [1.82, 2.24) is 4.72 Å². The van der Waals surface area contributed by atoms with Crippen molar-refractivity contribution in [2.45, 2.75) is 18.6 Å². The molecule has 1 atom stereocenters. The molecule has 0 bridgehead atoms. The molecule has 0 spiro atoms. The third kappa shape index (κ3) is 5.15. The number of hydrogen-bond donors (Lipinski definition) is 1. The third-order valence-corrected chi connectivity index (χ3v) is 4.80. The first-order valence-electron chi connectivity index (χ1n) is 7.13. The van der Waals surface area contributed by atoms with Gasteiger partial charge in [-0.1, -0.05) is 49.4 Å². The smallest absolute Gasteiger partial charge is 0.258 e. The van der Waals surface area contributed by atoms with Crippen molar-refractivity contribution >= 4 is 15.7 Å². The highest BCUT2D eigenvalue weighted by Crippen LogP contribution is 2.16. The molecule has 2 rings (SSSR count). The van der Waals surface area contributed by atoms with Crippen molar-refractivity contribution in [1.29, 1.82) is 0 Å². The van der Waals surface area contributed by atoms with Crippen LogP contribution in [0.4, 0.5) is 5.69 Å². The van der Waals surface area contributed by atoms with E-state index in [9.17, 15) is 18.5 Å². The van der Waals surface area contributed by atoms with Gasteiger partial charge in [-0.2, -0.15) is 0 Å². The molecule has 23 heavy (non-hydrogen) atoms. The van der Waals surface area contributed by atoms with E-state index in [1.807, 2.05) is 37.3 Å². The SMILES string of the molecule is C[C@H](CNS(=O)(=O)Cc1ccc([N+](=O)[O-])cc1)c1ccccc1. The number of nitrogens with one attached hydrogen (secondary N) is 1. The minimum Gasteiger partial charge on any atom is -0.258 e. The fourth-order valence-electron chi connectivity index (χ4n) is 2.14. The van der Waals surface area contributed by atoms with Crippen LogP contribution in [0.25, 0.3) is 0 Å².